The number of pyridine rings is 1. The smallest absolute Gasteiger partial charge is 0.173 e. The van der Waals surface area contributed by atoms with E-state index in [0.717, 1.165) is 11.3 Å². The summed E-state index contributed by atoms with van der Waals surface area (Å²) in [6.07, 6.45) is 3.68. The lowest BCUT2D eigenvalue weighted by atomic mass is 10.0. The molecule has 0 fully saturated rings. The number of imidazole rings is 1. The Bertz CT molecular complexity index is 471. The fourth-order valence-electron chi connectivity index (χ4n) is 1.60. The maximum absolute atomic E-state index is 13.8. The summed E-state index contributed by atoms with van der Waals surface area (Å²) >= 11 is 0. The molecule has 2 aromatic heterocycles. The van der Waals surface area contributed by atoms with E-state index < -0.39 is 0 Å². The van der Waals surface area contributed by atoms with E-state index in [9.17, 15) is 4.39 Å². The molecule has 14 heavy (non-hydrogen) atoms. The first-order chi connectivity index (χ1) is 6.59. The number of fused-ring (bicyclic) bond motifs is 1. The van der Waals surface area contributed by atoms with Crippen molar-refractivity contribution in [1.29, 1.82) is 0 Å². The molecular weight excluding hydrogens is 179 g/mol. The second-order valence-electron chi connectivity index (χ2n) is 3.85. The van der Waals surface area contributed by atoms with E-state index >= 15 is 0 Å². The van der Waals surface area contributed by atoms with Crippen LogP contribution in [0.1, 0.15) is 31.0 Å². The van der Waals surface area contributed by atoms with Crippen LogP contribution in [0.5, 0.6) is 0 Å². The van der Waals surface area contributed by atoms with E-state index in [1.54, 1.807) is 4.40 Å². The predicted molar refractivity (Wildman–Crippen MR) is 54.0 cm³/mol. The van der Waals surface area contributed by atoms with Crippen LogP contribution >= 0.6 is 0 Å². The van der Waals surface area contributed by atoms with Gasteiger partial charge in [0.2, 0.25) is 0 Å². The zero-order valence-corrected chi connectivity index (χ0v) is 8.58. The minimum Gasteiger partial charge on any atom is -0.304 e. The number of hydrogen-bond donors (Lipinski definition) is 0. The highest BCUT2D eigenvalue weighted by atomic mass is 19.1. The van der Waals surface area contributed by atoms with Gasteiger partial charge < -0.3 is 4.40 Å². The SMILES string of the molecule is Cc1cn2ccc(C(C)C)c(F)c2n1. The Balaban J connectivity index is 2.74. The number of aryl methyl sites for hydroxylation is 1. The van der Waals surface area contributed by atoms with E-state index in [2.05, 4.69) is 4.98 Å². The number of hydrogen-bond acceptors (Lipinski definition) is 1. The van der Waals surface area contributed by atoms with Crippen LogP contribution in [0.2, 0.25) is 0 Å². The summed E-state index contributed by atoms with van der Waals surface area (Å²) in [5, 5.41) is 0. The van der Waals surface area contributed by atoms with Gasteiger partial charge in [-0.2, -0.15) is 0 Å². The van der Waals surface area contributed by atoms with Gasteiger partial charge in [0.25, 0.3) is 0 Å². The summed E-state index contributed by atoms with van der Waals surface area (Å²) in [6, 6.07) is 1.81. The van der Waals surface area contributed by atoms with Crippen molar-refractivity contribution >= 4 is 5.65 Å². The first-order valence-electron chi connectivity index (χ1n) is 4.73. The average molecular weight is 192 g/mol. The highest BCUT2D eigenvalue weighted by Gasteiger charge is 2.11. The van der Waals surface area contributed by atoms with Crippen molar-refractivity contribution in [2.45, 2.75) is 26.7 Å². The normalized spacial score (nSPS) is 11.5. The molecule has 0 aliphatic carbocycles. The Morgan fingerprint density at radius 2 is 2.14 bits per heavy atom. The van der Waals surface area contributed by atoms with Gasteiger partial charge in [-0.1, -0.05) is 13.8 Å². The van der Waals surface area contributed by atoms with Gasteiger partial charge in [0.1, 0.15) is 0 Å². The lowest BCUT2D eigenvalue weighted by molar-refractivity contribution is 0.600. The predicted octanol–water partition coefficient (Wildman–Crippen LogP) is 2.91. The fraction of sp³-hybridized carbons (Fsp3) is 0.364. The second kappa shape index (κ2) is 3.08. The fourth-order valence-corrected chi connectivity index (χ4v) is 1.60. The Kier molecular flexibility index (Phi) is 2.02. The Hall–Kier alpha value is -1.38. The maximum atomic E-state index is 13.8. The van der Waals surface area contributed by atoms with Gasteiger partial charge in [-0.15, -0.1) is 0 Å². The molecule has 0 radical (unpaired) electrons. The van der Waals surface area contributed by atoms with E-state index in [1.807, 2.05) is 39.2 Å². The zero-order valence-electron chi connectivity index (χ0n) is 8.58. The minimum atomic E-state index is -0.199. The van der Waals surface area contributed by atoms with Gasteiger partial charge in [-0.3, -0.25) is 0 Å². The van der Waals surface area contributed by atoms with E-state index in [0.29, 0.717) is 5.65 Å². The highest BCUT2D eigenvalue weighted by molar-refractivity contribution is 5.45. The molecule has 3 heteroatoms. The quantitative estimate of drug-likeness (QED) is 0.679. The number of nitrogens with zero attached hydrogens (tertiary/aromatic N) is 2. The number of rotatable bonds is 1. The van der Waals surface area contributed by atoms with Gasteiger partial charge >= 0.3 is 0 Å². The summed E-state index contributed by atoms with van der Waals surface area (Å²) in [7, 11) is 0. The van der Waals surface area contributed by atoms with Crippen molar-refractivity contribution in [3.63, 3.8) is 0 Å². The van der Waals surface area contributed by atoms with Crippen LogP contribution in [0.4, 0.5) is 4.39 Å². The molecule has 2 aromatic rings. The van der Waals surface area contributed by atoms with Crippen LogP contribution in [0.3, 0.4) is 0 Å². The summed E-state index contributed by atoms with van der Waals surface area (Å²) in [6.45, 7) is 5.82. The molecular formula is C11H13FN2. The van der Waals surface area contributed by atoms with Crippen LogP contribution < -0.4 is 0 Å². The maximum Gasteiger partial charge on any atom is 0.173 e. The topological polar surface area (TPSA) is 17.3 Å². The third-order valence-electron chi connectivity index (χ3n) is 2.34. The van der Waals surface area contributed by atoms with Crippen LogP contribution in [0, 0.1) is 12.7 Å². The monoisotopic (exact) mass is 192 g/mol. The van der Waals surface area contributed by atoms with Crippen molar-refractivity contribution in [3.8, 4) is 0 Å². The molecule has 0 spiro atoms. The largest absolute Gasteiger partial charge is 0.304 e. The van der Waals surface area contributed by atoms with Crippen LogP contribution in [0.15, 0.2) is 18.5 Å². The van der Waals surface area contributed by atoms with Crippen molar-refractivity contribution < 1.29 is 4.39 Å². The van der Waals surface area contributed by atoms with Crippen LogP contribution in [-0.4, -0.2) is 9.38 Å². The van der Waals surface area contributed by atoms with Crippen molar-refractivity contribution in [3.05, 3.63) is 35.5 Å². The molecule has 2 heterocycles. The zero-order chi connectivity index (χ0) is 10.3. The molecule has 0 N–H and O–H groups in total. The summed E-state index contributed by atoms with van der Waals surface area (Å²) in [5.41, 5.74) is 1.99. The molecule has 0 amide bonds. The average Bonchev–Trinajstić information content (AvgIpc) is 2.46. The van der Waals surface area contributed by atoms with Gasteiger partial charge in [0.15, 0.2) is 11.5 Å². The molecule has 0 aliphatic rings. The molecule has 0 aliphatic heterocycles. The van der Waals surface area contributed by atoms with Crippen molar-refractivity contribution in [2.24, 2.45) is 0 Å². The molecule has 74 valence electrons. The molecule has 0 aromatic carbocycles. The highest BCUT2D eigenvalue weighted by Crippen LogP contribution is 2.21. The first-order valence-corrected chi connectivity index (χ1v) is 4.73. The van der Waals surface area contributed by atoms with Gasteiger partial charge in [0, 0.05) is 12.4 Å². The molecule has 0 saturated heterocycles. The molecule has 2 nitrogen and oxygen atoms in total. The minimum absolute atomic E-state index is 0.192. The lowest BCUT2D eigenvalue weighted by Crippen LogP contribution is -1.97. The molecule has 0 bridgehead atoms. The van der Waals surface area contributed by atoms with Gasteiger partial charge in [-0.05, 0) is 24.5 Å². The third-order valence-corrected chi connectivity index (χ3v) is 2.34. The standard InChI is InChI=1S/C11H13FN2/c1-7(2)9-4-5-14-6-8(3)13-11(14)10(9)12/h4-7H,1-3H3. The van der Waals surface area contributed by atoms with Crippen molar-refractivity contribution in [1.82, 2.24) is 9.38 Å². The van der Waals surface area contributed by atoms with E-state index in [-0.39, 0.29) is 11.7 Å². The van der Waals surface area contributed by atoms with Gasteiger partial charge in [0.05, 0.1) is 5.69 Å². The molecule has 0 unspecified atom stereocenters. The van der Waals surface area contributed by atoms with Crippen LogP contribution in [-0.2, 0) is 0 Å². The van der Waals surface area contributed by atoms with Crippen molar-refractivity contribution in [2.75, 3.05) is 0 Å². The Labute approximate surface area is 82.4 Å². The summed E-state index contributed by atoms with van der Waals surface area (Å²) in [5.74, 6) is -0.00685. The number of halogens is 1. The summed E-state index contributed by atoms with van der Waals surface area (Å²) in [4.78, 5) is 4.14. The molecule has 2 rings (SSSR count). The third kappa shape index (κ3) is 1.29. The Morgan fingerprint density at radius 1 is 1.43 bits per heavy atom. The van der Waals surface area contributed by atoms with E-state index in [4.69, 9.17) is 0 Å². The van der Waals surface area contributed by atoms with Crippen LogP contribution in [0.25, 0.3) is 5.65 Å². The number of aromatic nitrogens is 2. The van der Waals surface area contributed by atoms with E-state index in [1.165, 1.54) is 0 Å². The molecule has 0 atom stereocenters. The second-order valence-corrected chi connectivity index (χ2v) is 3.85. The Morgan fingerprint density at radius 3 is 2.79 bits per heavy atom. The first kappa shape index (κ1) is 9.19. The lowest BCUT2D eigenvalue weighted by Gasteiger charge is -2.06. The van der Waals surface area contributed by atoms with Gasteiger partial charge in [-0.25, -0.2) is 9.37 Å². The summed E-state index contributed by atoms with van der Waals surface area (Å²) < 4.78 is 15.6. The molecule has 0 saturated carbocycles.